The number of sulfonamides is 1. The predicted octanol–water partition coefficient (Wildman–Crippen LogP) is 2.57. The lowest BCUT2D eigenvalue weighted by molar-refractivity contribution is 0.100. The summed E-state index contributed by atoms with van der Waals surface area (Å²) in [4.78, 5) is 21.7. The second-order valence-corrected chi connectivity index (χ2v) is 9.80. The fraction of sp³-hybridized carbons (Fsp3) is 0.217. The number of primary amides is 1. The second kappa shape index (κ2) is 9.16. The van der Waals surface area contributed by atoms with E-state index in [1.54, 1.807) is 24.4 Å². The van der Waals surface area contributed by atoms with Crippen LogP contribution < -0.4 is 10.6 Å². The van der Waals surface area contributed by atoms with Crippen molar-refractivity contribution in [3.05, 3.63) is 71.3 Å². The molecule has 1 amide bonds. The summed E-state index contributed by atoms with van der Waals surface area (Å²) in [5.41, 5.74) is 9.01. The average Bonchev–Trinajstić information content (AvgIpc) is 3.24. The van der Waals surface area contributed by atoms with Crippen molar-refractivity contribution < 1.29 is 17.6 Å². The number of H-pyrrole nitrogens is 1. The number of pyridine rings is 1. The van der Waals surface area contributed by atoms with Crippen molar-refractivity contribution in [2.24, 2.45) is 5.73 Å². The van der Waals surface area contributed by atoms with Crippen molar-refractivity contribution in [2.45, 2.75) is 0 Å². The zero-order chi connectivity index (χ0) is 23.6. The number of halogens is 1. The summed E-state index contributed by atoms with van der Waals surface area (Å²) in [5, 5.41) is 0. The number of nitrogens with two attached hydrogens (primary N) is 1. The van der Waals surface area contributed by atoms with Gasteiger partial charge in [-0.1, -0.05) is 18.2 Å². The van der Waals surface area contributed by atoms with Crippen LogP contribution in [0.25, 0.3) is 23.4 Å². The van der Waals surface area contributed by atoms with Gasteiger partial charge in [-0.15, -0.1) is 0 Å². The van der Waals surface area contributed by atoms with Gasteiger partial charge in [0.15, 0.2) is 0 Å². The van der Waals surface area contributed by atoms with Crippen molar-refractivity contribution in [3.8, 4) is 11.3 Å². The summed E-state index contributed by atoms with van der Waals surface area (Å²) in [6, 6.07) is 11.5. The molecule has 0 bridgehead atoms. The lowest BCUT2D eigenvalue weighted by Gasteiger charge is -2.34. The van der Waals surface area contributed by atoms with E-state index in [2.05, 4.69) is 9.97 Å². The molecule has 0 atom stereocenters. The topological polar surface area (TPSA) is 112 Å². The van der Waals surface area contributed by atoms with Gasteiger partial charge in [0.25, 0.3) is 5.91 Å². The van der Waals surface area contributed by atoms with Crippen molar-refractivity contribution in [1.29, 1.82) is 0 Å². The summed E-state index contributed by atoms with van der Waals surface area (Å²) in [7, 11) is -3.26. The molecule has 1 aliphatic rings. The maximum absolute atomic E-state index is 13.1. The lowest BCUT2D eigenvalue weighted by Crippen LogP contribution is -2.48. The van der Waals surface area contributed by atoms with Crippen LogP contribution in [0, 0.1) is 5.82 Å². The maximum atomic E-state index is 13.1. The number of piperazine rings is 1. The molecule has 0 aliphatic carbocycles. The number of carbonyl (C=O) groups excluding carboxylic acids is 1. The number of anilines is 1. The Morgan fingerprint density at radius 1 is 1.09 bits per heavy atom. The van der Waals surface area contributed by atoms with Gasteiger partial charge in [-0.3, -0.25) is 9.78 Å². The highest BCUT2D eigenvalue weighted by atomic mass is 32.2. The minimum absolute atomic E-state index is 0.294. The number of nitrogens with zero attached hydrogens (tertiary/aromatic N) is 3. The molecule has 33 heavy (non-hydrogen) atoms. The Bertz CT molecular complexity index is 1290. The van der Waals surface area contributed by atoms with Gasteiger partial charge in [0.1, 0.15) is 11.6 Å². The molecule has 1 saturated heterocycles. The van der Waals surface area contributed by atoms with Crippen LogP contribution >= 0.6 is 0 Å². The van der Waals surface area contributed by atoms with Gasteiger partial charge in [-0.25, -0.2) is 12.8 Å². The lowest BCUT2D eigenvalue weighted by atomic mass is 10.1. The van der Waals surface area contributed by atoms with E-state index >= 15 is 0 Å². The molecule has 8 nitrogen and oxygen atoms in total. The Morgan fingerprint density at radius 2 is 1.79 bits per heavy atom. The monoisotopic (exact) mass is 469 g/mol. The summed E-state index contributed by atoms with van der Waals surface area (Å²) < 4.78 is 38.1. The summed E-state index contributed by atoms with van der Waals surface area (Å²) in [6.45, 7) is 1.54. The van der Waals surface area contributed by atoms with E-state index in [1.807, 2.05) is 29.2 Å². The first kappa shape index (κ1) is 22.7. The van der Waals surface area contributed by atoms with Crippen molar-refractivity contribution in [2.75, 3.05) is 37.3 Å². The molecule has 0 radical (unpaired) electrons. The molecule has 0 spiro atoms. The van der Waals surface area contributed by atoms with Gasteiger partial charge in [-0.2, -0.15) is 4.31 Å². The molecule has 10 heteroatoms. The molecule has 3 heterocycles. The fourth-order valence-electron chi connectivity index (χ4n) is 3.74. The number of hydrogen-bond donors (Lipinski definition) is 2. The van der Waals surface area contributed by atoms with Crippen LogP contribution in [0.2, 0.25) is 0 Å². The molecular formula is C23H24FN5O3S. The normalized spacial score (nSPS) is 15.3. The quantitative estimate of drug-likeness (QED) is 0.576. The number of rotatable bonds is 6. The van der Waals surface area contributed by atoms with Crippen LogP contribution in [0.4, 0.5) is 10.2 Å². The SMILES string of the molecule is CS(=O)(=O)N1CCN(c2[nH]c(-c3ccnc(/C=C/c4ccc(F)cc4)c3)cc2C(N)=O)CC1. The molecule has 1 fully saturated rings. The molecule has 4 rings (SSSR count). The molecule has 3 N–H and O–H groups in total. The van der Waals surface area contributed by atoms with Crippen LogP contribution in [0.3, 0.4) is 0 Å². The first-order valence-electron chi connectivity index (χ1n) is 10.3. The third-order valence-corrected chi connectivity index (χ3v) is 6.80. The number of benzene rings is 1. The fourth-order valence-corrected chi connectivity index (χ4v) is 4.57. The smallest absolute Gasteiger partial charge is 0.252 e. The summed E-state index contributed by atoms with van der Waals surface area (Å²) >= 11 is 0. The zero-order valence-electron chi connectivity index (χ0n) is 18.0. The van der Waals surface area contributed by atoms with Crippen LogP contribution in [-0.4, -0.2) is 61.0 Å². The van der Waals surface area contributed by atoms with Crippen LogP contribution in [0.1, 0.15) is 21.6 Å². The van der Waals surface area contributed by atoms with Crippen molar-refractivity contribution >= 4 is 33.9 Å². The maximum Gasteiger partial charge on any atom is 0.252 e. The molecule has 1 aliphatic heterocycles. The average molecular weight is 470 g/mol. The van der Waals surface area contributed by atoms with Gasteiger partial charge >= 0.3 is 0 Å². The molecule has 1 aromatic carbocycles. The van der Waals surface area contributed by atoms with E-state index in [1.165, 1.54) is 22.7 Å². The third-order valence-electron chi connectivity index (χ3n) is 5.49. The van der Waals surface area contributed by atoms with E-state index in [0.29, 0.717) is 48.9 Å². The third kappa shape index (κ3) is 5.29. The number of aromatic nitrogens is 2. The Kier molecular flexibility index (Phi) is 6.30. The number of hydrogen-bond acceptors (Lipinski definition) is 5. The number of carbonyl (C=O) groups is 1. The molecule has 0 unspecified atom stereocenters. The largest absolute Gasteiger partial charge is 0.365 e. The van der Waals surface area contributed by atoms with Gasteiger partial charge < -0.3 is 15.6 Å². The van der Waals surface area contributed by atoms with Crippen LogP contribution in [0.5, 0.6) is 0 Å². The Balaban J connectivity index is 1.58. The predicted molar refractivity (Wildman–Crippen MR) is 126 cm³/mol. The number of amides is 1. The van der Waals surface area contributed by atoms with Gasteiger partial charge in [0.05, 0.1) is 17.5 Å². The van der Waals surface area contributed by atoms with E-state index < -0.39 is 15.9 Å². The molecule has 172 valence electrons. The van der Waals surface area contributed by atoms with Gasteiger partial charge in [0.2, 0.25) is 10.0 Å². The summed E-state index contributed by atoms with van der Waals surface area (Å²) in [5.74, 6) is -0.285. The first-order chi connectivity index (χ1) is 15.7. The highest BCUT2D eigenvalue weighted by Gasteiger charge is 2.27. The molecular weight excluding hydrogens is 445 g/mol. The molecule has 0 saturated carbocycles. The van der Waals surface area contributed by atoms with Gasteiger partial charge in [-0.05, 0) is 42.0 Å². The minimum atomic E-state index is -3.26. The zero-order valence-corrected chi connectivity index (χ0v) is 18.8. The summed E-state index contributed by atoms with van der Waals surface area (Å²) in [6.07, 6.45) is 6.51. The van der Waals surface area contributed by atoms with Crippen molar-refractivity contribution in [1.82, 2.24) is 14.3 Å². The highest BCUT2D eigenvalue weighted by molar-refractivity contribution is 7.88. The Hall–Kier alpha value is -3.50. The molecule has 3 aromatic rings. The highest BCUT2D eigenvalue weighted by Crippen LogP contribution is 2.29. The minimum Gasteiger partial charge on any atom is -0.365 e. The Morgan fingerprint density at radius 3 is 2.42 bits per heavy atom. The standard InChI is InChI=1S/C23H24FN5O3S/c1-33(31,32)29-12-10-28(11-13-29)23-20(22(25)30)15-21(27-23)17-8-9-26-19(14-17)7-4-16-2-5-18(24)6-3-16/h2-9,14-15,27H,10-13H2,1H3,(H2,25,30)/b7-4+. The van der Waals surface area contributed by atoms with E-state index in [0.717, 1.165) is 11.1 Å². The van der Waals surface area contributed by atoms with E-state index in [9.17, 15) is 17.6 Å². The first-order valence-corrected chi connectivity index (χ1v) is 12.2. The number of aromatic amines is 1. The second-order valence-electron chi connectivity index (χ2n) is 7.81. The molecule has 2 aromatic heterocycles. The van der Waals surface area contributed by atoms with E-state index in [4.69, 9.17) is 5.73 Å². The van der Waals surface area contributed by atoms with E-state index in [-0.39, 0.29) is 5.82 Å². The van der Waals surface area contributed by atoms with Crippen LogP contribution in [-0.2, 0) is 10.0 Å². The Labute approximate surface area is 191 Å². The van der Waals surface area contributed by atoms with Gasteiger partial charge in [0, 0.05) is 43.6 Å². The number of nitrogens with one attached hydrogen (secondary N) is 1. The van der Waals surface area contributed by atoms with Crippen LogP contribution in [0.15, 0.2) is 48.7 Å². The van der Waals surface area contributed by atoms with Crippen molar-refractivity contribution in [3.63, 3.8) is 0 Å².